The fourth-order valence-corrected chi connectivity index (χ4v) is 3.05. The normalized spacial score (nSPS) is 18.3. The summed E-state index contributed by atoms with van der Waals surface area (Å²) < 4.78 is 5.63. The zero-order chi connectivity index (χ0) is 16.4. The van der Waals surface area contributed by atoms with E-state index in [1.165, 1.54) is 12.8 Å². The molecule has 0 spiro atoms. The van der Waals surface area contributed by atoms with Crippen LogP contribution in [0.4, 0.5) is 0 Å². The number of hydrogen-bond acceptors (Lipinski definition) is 3. The highest BCUT2D eigenvalue weighted by Gasteiger charge is 2.41. The smallest absolute Gasteiger partial charge is 0.261 e. The average Bonchev–Trinajstić information content (AvgIpc) is 3.37. The summed E-state index contributed by atoms with van der Waals surface area (Å²) in [7, 11) is 0. The maximum absolute atomic E-state index is 12.5. The van der Waals surface area contributed by atoms with E-state index in [1.807, 2.05) is 4.90 Å². The van der Waals surface area contributed by atoms with Crippen LogP contribution in [0.2, 0.25) is 0 Å². The lowest BCUT2D eigenvalue weighted by Gasteiger charge is -2.29. The highest BCUT2D eigenvalue weighted by Crippen LogP contribution is 2.39. The maximum atomic E-state index is 12.5. The van der Waals surface area contributed by atoms with Gasteiger partial charge in [0.05, 0.1) is 6.42 Å². The topological polar surface area (TPSA) is 72.6 Å². The van der Waals surface area contributed by atoms with Crippen LogP contribution in [0.25, 0.3) is 0 Å². The van der Waals surface area contributed by atoms with Gasteiger partial charge in [-0.05, 0) is 56.2 Å². The number of amides is 2. The van der Waals surface area contributed by atoms with E-state index in [-0.39, 0.29) is 24.8 Å². The van der Waals surface area contributed by atoms with Gasteiger partial charge in [-0.1, -0.05) is 12.1 Å². The summed E-state index contributed by atoms with van der Waals surface area (Å²) in [6.07, 6.45) is 4.92. The molecule has 0 bridgehead atoms. The van der Waals surface area contributed by atoms with Crippen molar-refractivity contribution in [2.24, 2.45) is 11.7 Å². The van der Waals surface area contributed by atoms with E-state index in [9.17, 15) is 9.59 Å². The Bertz CT molecular complexity index is 576. The molecule has 1 aromatic carbocycles. The quantitative estimate of drug-likeness (QED) is 0.796. The lowest BCUT2D eigenvalue weighted by Crippen LogP contribution is -2.44. The Morgan fingerprint density at radius 1 is 1.22 bits per heavy atom. The van der Waals surface area contributed by atoms with Gasteiger partial charge in [-0.25, -0.2) is 0 Å². The molecule has 0 radical (unpaired) electrons. The van der Waals surface area contributed by atoms with Crippen LogP contribution < -0.4 is 10.5 Å². The van der Waals surface area contributed by atoms with Gasteiger partial charge in [-0.2, -0.15) is 0 Å². The van der Waals surface area contributed by atoms with Gasteiger partial charge < -0.3 is 15.4 Å². The molecule has 2 aliphatic carbocycles. The average molecular weight is 316 g/mol. The minimum absolute atomic E-state index is 0.0721. The summed E-state index contributed by atoms with van der Waals surface area (Å²) >= 11 is 0. The standard InChI is InChI=1S/C18H24N2O3/c1-12(14-4-5-14)20(15-6-7-15)18(22)11-23-16-8-2-13(3-9-16)10-17(19)21/h2-3,8-9,12,14-15H,4-7,10-11H2,1H3,(H2,19,21)/t12-/m1/s1. The molecule has 2 N–H and O–H groups in total. The number of carbonyl (C=O) groups is 2. The van der Waals surface area contributed by atoms with Crippen molar-refractivity contribution in [3.8, 4) is 5.75 Å². The Hall–Kier alpha value is -2.04. The van der Waals surface area contributed by atoms with Crippen molar-refractivity contribution in [2.45, 2.75) is 51.1 Å². The molecule has 5 heteroatoms. The van der Waals surface area contributed by atoms with E-state index in [0.717, 1.165) is 18.4 Å². The zero-order valence-corrected chi connectivity index (χ0v) is 13.5. The zero-order valence-electron chi connectivity index (χ0n) is 13.5. The van der Waals surface area contributed by atoms with Crippen LogP contribution in [0.5, 0.6) is 5.75 Å². The maximum Gasteiger partial charge on any atom is 0.261 e. The molecule has 0 heterocycles. The van der Waals surface area contributed by atoms with Crippen LogP contribution in [-0.4, -0.2) is 35.4 Å². The molecule has 124 valence electrons. The largest absolute Gasteiger partial charge is 0.484 e. The van der Waals surface area contributed by atoms with Gasteiger partial charge in [0, 0.05) is 12.1 Å². The third-order valence-electron chi connectivity index (χ3n) is 4.64. The van der Waals surface area contributed by atoms with Crippen LogP contribution in [0.15, 0.2) is 24.3 Å². The summed E-state index contributed by atoms with van der Waals surface area (Å²) in [5, 5.41) is 0. The molecule has 0 unspecified atom stereocenters. The SMILES string of the molecule is C[C@H](C1CC1)N(C(=O)COc1ccc(CC(N)=O)cc1)C1CC1. The lowest BCUT2D eigenvalue weighted by atomic mass is 10.1. The van der Waals surface area contributed by atoms with Gasteiger partial charge >= 0.3 is 0 Å². The monoisotopic (exact) mass is 316 g/mol. The Labute approximate surface area is 136 Å². The van der Waals surface area contributed by atoms with Crippen molar-refractivity contribution in [3.05, 3.63) is 29.8 Å². The number of hydrogen-bond donors (Lipinski definition) is 1. The van der Waals surface area contributed by atoms with Crippen molar-refractivity contribution in [1.29, 1.82) is 0 Å². The molecule has 2 saturated carbocycles. The minimum atomic E-state index is -0.358. The van der Waals surface area contributed by atoms with Gasteiger partial charge in [-0.15, -0.1) is 0 Å². The number of rotatable bonds is 8. The van der Waals surface area contributed by atoms with Crippen molar-refractivity contribution < 1.29 is 14.3 Å². The summed E-state index contributed by atoms with van der Waals surface area (Å²) in [6.45, 7) is 2.23. The van der Waals surface area contributed by atoms with E-state index >= 15 is 0 Å². The van der Waals surface area contributed by atoms with E-state index < -0.39 is 0 Å². The summed E-state index contributed by atoms with van der Waals surface area (Å²) in [5.74, 6) is 1.03. The highest BCUT2D eigenvalue weighted by atomic mass is 16.5. The van der Waals surface area contributed by atoms with E-state index in [2.05, 4.69) is 6.92 Å². The number of carbonyl (C=O) groups excluding carboxylic acids is 2. The predicted octanol–water partition coefficient (Wildman–Crippen LogP) is 1.88. The second kappa shape index (κ2) is 6.60. The molecule has 0 aliphatic heterocycles. The Morgan fingerprint density at radius 3 is 2.39 bits per heavy atom. The lowest BCUT2D eigenvalue weighted by molar-refractivity contribution is -0.136. The number of nitrogens with zero attached hydrogens (tertiary/aromatic N) is 1. The van der Waals surface area contributed by atoms with Crippen LogP contribution in [0.1, 0.15) is 38.2 Å². The van der Waals surface area contributed by atoms with Gasteiger partial charge in [0.15, 0.2) is 6.61 Å². The predicted molar refractivity (Wildman–Crippen MR) is 86.9 cm³/mol. The molecule has 2 aliphatic rings. The van der Waals surface area contributed by atoms with E-state index in [1.54, 1.807) is 24.3 Å². The first-order chi connectivity index (χ1) is 11.0. The first-order valence-corrected chi connectivity index (χ1v) is 8.36. The number of benzene rings is 1. The number of ether oxygens (including phenoxy) is 1. The van der Waals surface area contributed by atoms with Crippen LogP contribution in [-0.2, 0) is 16.0 Å². The molecular weight excluding hydrogens is 292 g/mol. The van der Waals surface area contributed by atoms with Gasteiger partial charge in [0.1, 0.15) is 5.75 Å². The summed E-state index contributed by atoms with van der Waals surface area (Å²) in [6, 6.07) is 7.90. The van der Waals surface area contributed by atoms with Gasteiger partial charge in [0.25, 0.3) is 5.91 Å². The van der Waals surface area contributed by atoms with E-state index in [4.69, 9.17) is 10.5 Å². The van der Waals surface area contributed by atoms with Crippen molar-refractivity contribution in [2.75, 3.05) is 6.61 Å². The molecule has 5 nitrogen and oxygen atoms in total. The van der Waals surface area contributed by atoms with Gasteiger partial charge in [-0.3, -0.25) is 9.59 Å². The fraction of sp³-hybridized carbons (Fsp3) is 0.556. The first kappa shape index (κ1) is 15.8. The Kier molecular flexibility index (Phi) is 4.55. The van der Waals surface area contributed by atoms with Gasteiger partial charge in [0.2, 0.25) is 5.91 Å². The summed E-state index contributed by atoms with van der Waals surface area (Å²) in [4.78, 5) is 25.4. The number of nitrogens with two attached hydrogens (primary N) is 1. The third-order valence-corrected chi connectivity index (χ3v) is 4.64. The molecule has 2 fully saturated rings. The van der Waals surface area contributed by atoms with Crippen LogP contribution in [0, 0.1) is 5.92 Å². The fourth-order valence-electron chi connectivity index (χ4n) is 3.05. The summed E-state index contributed by atoms with van der Waals surface area (Å²) in [5.41, 5.74) is 6.01. The molecule has 1 atom stereocenters. The Balaban J connectivity index is 1.54. The van der Waals surface area contributed by atoms with Crippen molar-refractivity contribution >= 4 is 11.8 Å². The highest BCUT2D eigenvalue weighted by molar-refractivity contribution is 5.79. The molecule has 0 saturated heterocycles. The second-order valence-corrected chi connectivity index (χ2v) is 6.69. The molecule has 23 heavy (non-hydrogen) atoms. The van der Waals surface area contributed by atoms with E-state index in [0.29, 0.717) is 23.8 Å². The van der Waals surface area contributed by atoms with Crippen molar-refractivity contribution in [3.63, 3.8) is 0 Å². The molecule has 2 amide bonds. The first-order valence-electron chi connectivity index (χ1n) is 8.36. The molecule has 1 aromatic rings. The van der Waals surface area contributed by atoms with Crippen molar-refractivity contribution in [1.82, 2.24) is 4.90 Å². The molecule has 0 aromatic heterocycles. The van der Waals surface area contributed by atoms with Crippen LogP contribution in [0.3, 0.4) is 0 Å². The van der Waals surface area contributed by atoms with Crippen LogP contribution >= 0.6 is 0 Å². The number of primary amides is 1. The minimum Gasteiger partial charge on any atom is -0.484 e. The molecular formula is C18H24N2O3. The second-order valence-electron chi connectivity index (χ2n) is 6.69. The third kappa shape index (κ3) is 4.24. The molecule has 3 rings (SSSR count). The Morgan fingerprint density at radius 2 is 1.87 bits per heavy atom.